The zero-order valence-electron chi connectivity index (χ0n) is 23.5. The average molecular weight is 569 g/mol. The quantitative estimate of drug-likeness (QED) is 0.123. The molecule has 1 aromatic carbocycles. The van der Waals surface area contributed by atoms with Gasteiger partial charge in [-0.1, -0.05) is 43.5 Å². The van der Waals surface area contributed by atoms with Crippen molar-refractivity contribution in [1.82, 2.24) is 0 Å². The topological polar surface area (TPSA) is 80.3 Å². The van der Waals surface area contributed by atoms with Gasteiger partial charge in [0, 0.05) is 11.1 Å². The molecule has 11 heteroatoms. The van der Waals surface area contributed by atoms with Crippen LogP contribution >= 0.6 is 0 Å². The summed E-state index contributed by atoms with van der Waals surface area (Å²) in [6.45, 7) is 25.3. The molecule has 0 aliphatic carbocycles. The van der Waals surface area contributed by atoms with Crippen molar-refractivity contribution < 1.29 is 31.4 Å². The molecule has 0 saturated carbocycles. The van der Waals surface area contributed by atoms with Crippen molar-refractivity contribution in [2.24, 2.45) is 0 Å². The summed E-state index contributed by atoms with van der Waals surface area (Å²) in [5.74, 6) is -0.777. The van der Waals surface area contributed by atoms with Gasteiger partial charge in [0.05, 0.1) is 6.61 Å². The highest BCUT2D eigenvalue weighted by molar-refractivity contribution is 6.95. The van der Waals surface area contributed by atoms with Gasteiger partial charge in [-0.2, -0.15) is 0 Å². The van der Waals surface area contributed by atoms with Crippen LogP contribution in [0.4, 0.5) is 0 Å². The summed E-state index contributed by atoms with van der Waals surface area (Å²) in [5.41, 5.74) is 0.764. The van der Waals surface area contributed by atoms with Crippen LogP contribution in [0.5, 0.6) is 0 Å². The second-order valence-electron chi connectivity index (χ2n) is 10.9. The molecule has 0 spiro atoms. The number of hydrogen-bond donors (Lipinski definition) is 0. The van der Waals surface area contributed by atoms with Gasteiger partial charge in [-0.15, -0.1) is 0 Å². The van der Waals surface area contributed by atoms with Gasteiger partial charge in [-0.3, -0.25) is 0 Å². The maximum Gasteiger partial charge on any atom is 0.350 e. The van der Waals surface area contributed by atoms with E-state index in [0.717, 1.165) is 11.2 Å². The van der Waals surface area contributed by atoms with E-state index in [0.29, 0.717) is 24.2 Å². The van der Waals surface area contributed by atoms with E-state index in [-0.39, 0.29) is 12.2 Å². The lowest BCUT2D eigenvalue weighted by Gasteiger charge is -2.42. The molecule has 0 aliphatic heterocycles. The highest BCUT2D eigenvalue weighted by Gasteiger charge is 2.47. The fraction of sp³-hybridized carbons (Fsp3) is 0.520. The van der Waals surface area contributed by atoms with Crippen LogP contribution in [0.25, 0.3) is 0 Å². The molecule has 0 amide bonds. The first-order valence-electron chi connectivity index (χ1n) is 12.2. The van der Waals surface area contributed by atoms with E-state index in [1.54, 1.807) is 13.8 Å². The Balaban J connectivity index is 3.00. The summed E-state index contributed by atoms with van der Waals surface area (Å²) in [5, 5.41) is 1.04. The van der Waals surface area contributed by atoms with Crippen LogP contribution in [-0.4, -0.2) is 58.5 Å². The molecule has 1 unspecified atom stereocenters. The van der Waals surface area contributed by atoms with Crippen LogP contribution in [0, 0.1) is 0 Å². The summed E-state index contributed by atoms with van der Waals surface area (Å²) in [6.07, 6.45) is 0.939. The summed E-state index contributed by atoms with van der Waals surface area (Å²) < 4.78 is 31.0. The molecule has 1 aromatic rings. The first-order valence-corrected chi connectivity index (χ1v) is 23.6. The van der Waals surface area contributed by atoms with E-state index in [1.165, 1.54) is 0 Å². The van der Waals surface area contributed by atoms with Crippen LogP contribution in [0.3, 0.4) is 0 Å². The van der Waals surface area contributed by atoms with Gasteiger partial charge in [0.25, 0.3) is 0 Å². The second kappa shape index (κ2) is 13.3. The van der Waals surface area contributed by atoms with E-state index in [1.807, 2.05) is 56.5 Å². The number of rotatable bonds is 15. The SMILES string of the molecule is C=C(C)C(=O)OCCC[Si](C)(C)O[Si](C)(O[Si](C)(C)O[Si](C)(C)COC(=O)C(=C)C)c1ccccc1. The Bertz CT molecular complexity index is 932. The Labute approximate surface area is 221 Å². The zero-order valence-corrected chi connectivity index (χ0v) is 27.5. The standard InChI is InChI=1S/C25H44O7Si4/c1-21(2)24(26)28-18-15-19-33(5,6)31-36(11,23-16-13-12-14-17-23)32-35(9,10)30-34(7,8)20-29-25(27)22(3)4/h12-14,16-17H,1,3,15,18-20H2,2,4-11H3. The van der Waals surface area contributed by atoms with Crippen LogP contribution in [0.15, 0.2) is 54.6 Å². The molecule has 0 heterocycles. The van der Waals surface area contributed by atoms with E-state index >= 15 is 0 Å². The van der Waals surface area contributed by atoms with Crippen molar-refractivity contribution in [3.8, 4) is 0 Å². The van der Waals surface area contributed by atoms with E-state index in [2.05, 4.69) is 32.8 Å². The molecule has 0 aromatic heterocycles. The largest absolute Gasteiger partial charge is 0.463 e. The first-order chi connectivity index (χ1) is 16.4. The summed E-state index contributed by atoms with van der Waals surface area (Å²) in [4.78, 5) is 23.6. The molecule has 0 saturated heterocycles. The normalized spacial score (nSPS) is 14.0. The van der Waals surface area contributed by atoms with Gasteiger partial charge in [-0.25, -0.2) is 9.59 Å². The van der Waals surface area contributed by atoms with Crippen LogP contribution < -0.4 is 5.19 Å². The minimum atomic E-state index is -2.88. The lowest BCUT2D eigenvalue weighted by Crippen LogP contribution is -2.63. The minimum absolute atomic E-state index is 0.228. The third-order valence-corrected chi connectivity index (χ3v) is 20.4. The highest BCUT2D eigenvalue weighted by Crippen LogP contribution is 2.26. The van der Waals surface area contributed by atoms with Crippen molar-refractivity contribution in [2.45, 2.75) is 72.1 Å². The van der Waals surface area contributed by atoms with Crippen molar-refractivity contribution in [1.29, 1.82) is 0 Å². The lowest BCUT2D eigenvalue weighted by atomic mass is 10.4. The molecule has 1 atom stereocenters. The molecular weight excluding hydrogens is 525 g/mol. The molecule has 0 fully saturated rings. The molecule has 0 radical (unpaired) electrons. The zero-order chi connectivity index (χ0) is 27.8. The van der Waals surface area contributed by atoms with E-state index in [9.17, 15) is 9.59 Å². The number of carbonyl (C=O) groups is 2. The van der Waals surface area contributed by atoms with Crippen LogP contribution in [0.2, 0.25) is 51.9 Å². The number of esters is 2. The van der Waals surface area contributed by atoms with Gasteiger partial charge in [0.15, 0.2) is 8.32 Å². The summed E-state index contributed by atoms with van der Waals surface area (Å²) >= 11 is 0. The smallest absolute Gasteiger partial charge is 0.350 e. The molecule has 202 valence electrons. The maximum atomic E-state index is 11.9. The fourth-order valence-electron chi connectivity index (χ4n) is 3.79. The van der Waals surface area contributed by atoms with Crippen molar-refractivity contribution in [3.05, 3.63) is 54.6 Å². The van der Waals surface area contributed by atoms with Gasteiger partial charge < -0.3 is 21.8 Å². The van der Waals surface area contributed by atoms with Crippen LogP contribution in [-0.2, 0) is 31.4 Å². The van der Waals surface area contributed by atoms with Gasteiger partial charge in [0.1, 0.15) is 6.23 Å². The van der Waals surface area contributed by atoms with Crippen molar-refractivity contribution >= 4 is 50.9 Å². The summed E-state index contributed by atoms with van der Waals surface area (Å²) in [6, 6.07) is 10.9. The van der Waals surface area contributed by atoms with Gasteiger partial charge in [0.2, 0.25) is 8.32 Å². The van der Waals surface area contributed by atoms with E-state index in [4.69, 9.17) is 21.8 Å². The number of benzene rings is 1. The number of hydrogen-bond acceptors (Lipinski definition) is 7. The Hall–Kier alpha value is -1.61. The predicted octanol–water partition coefficient (Wildman–Crippen LogP) is 5.30. The third kappa shape index (κ3) is 11.6. The Morgan fingerprint density at radius 2 is 1.28 bits per heavy atom. The summed E-state index contributed by atoms with van der Waals surface area (Å²) in [7, 11) is -10.2. The number of carbonyl (C=O) groups excluding carboxylic acids is 2. The Kier molecular flexibility index (Phi) is 11.9. The molecular formula is C25H44O7Si4. The number of ether oxygens (including phenoxy) is 2. The van der Waals surface area contributed by atoms with Gasteiger partial charge >= 0.3 is 29.1 Å². The van der Waals surface area contributed by atoms with Crippen molar-refractivity contribution in [3.63, 3.8) is 0 Å². The fourth-order valence-corrected chi connectivity index (χ4v) is 22.0. The average Bonchev–Trinajstić information content (AvgIpc) is 2.73. The molecule has 1 rings (SSSR count). The maximum absolute atomic E-state index is 11.9. The molecule has 36 heavy (non-hydrogen) atoms. The van der Waals surface area contributed by atoms with Crippen molar-refractivity contribution in [2.75, 3.05) is 12.8 Å². The van der Waals surface area contributed by atoms with Gasteiger partial charge in [-0.05, 0) is 77.3 Å². The predicted molar refractivity (Wildman–Crippen MR) is 154 cm³/mol. The molecule has 0 N–H and O–H groups in total. The highest BCUT2D eigenvalue weighted by atomic mass is 28.5. The third-order valence-electron chi connectivity index (χ3n) is 5.14. The minimum Gasteiger partial charge on any atom is -0.463 e. The lowest BCUT2D eigenvalue weighted by molar-refractivity contribution is -0.139. The molecule has 0 bridgehead atoms. The first kappa shape index (κ1) is 32.4. The van der Waals surface area contributed by atoms with E-state index < -0.39 is 39.7 Å². The monoisotopic (exact) mass is 568 g/mol. The second-order valence-corrected chi connectivity index (χ2v) is 26.5. The molecule has 0 aliphatic rings. The van der Waals surface area contributed by atoms with Crippen LogP contribution in [0.1, 0.15) is 20.3 Å². The molecule has 7 nitrogen and oxygen atoms in total. The Morgan fingerprint density at radius 1 is 0.750 bits per heavy atom. The Morgan fingerprint density at radius 3 is 1.81 bits per heavy atom.